The molecule has 3 unspecified atom stereocenters. The van der Waals surface area contributed by atoms with Crippen LogP contribution in [-0.2, 0) is 4.84 Å². The summed E-state index contributed by atoms with van der Waals surface area (Å²) in [6.45, 7) is 0. The van der Waals surface area contributed by atoms with E-state index in [2.05, 4.69) is 4.84 Å². The summed E-state index contributed by atoms with van der Waals surface area (Å²) < 4.78 is -0.155. The molecule has 1 saturated carbocycles. The van der Waals surface area contributed by atoms with Crippen molar-refractivity contribution in [3.63, 3.8) is 0 Å². The number of aliphatic hydroxyl groups excluding tert-OH is 1. The van der Waals surface area contributed by atoms with Gasteiger partial charge in [-0.1, -0.05) is 22.6 Å². The lowest BCUT2D eigenvalue weighted by molar-refractivity contribution is -0.767. The van der Waals surface area contributed by atoms with Crippen LogP contribution in [-0.4, -0.2) is 26.3 Å². The van der Waals surface area contributed by atoms with Gasteiger partial charge in [-0.15, -0.1) is 10.1 Å². The van der Waals surface area contributed by atoms with Gasteiger partial charge in [-0.25, -0.2) is 0 Å². The number of halogens is 1. The first kappa shape index (κ1) is 8.98. The van der Waals surface area contributed by atoms with Gasteiger partial charge in [0.2, 0.25) is 0 Å². The first-order chi connectivity index (χ1) is 5.11. The lowest BCUT2D eigenvalue weighted by atomic mass is 10.3. The molecular formula is C5H8INO4. The van der Waals surface area contributed by atoms with Gasteiger partial charge in [-0.2, -0.15) is 0 Å². The van der Waals surface area contributed by atoms with Crippen molar-refractivity contribution in [2.24, 2.45) is 0 Å². The normalized spacial score (nSPS) is 37.1. The lowest BCUT2D eigenvalue weighted by Crippen LogP contribution is -2.26. The van der Waals surface area contributed by atoms with Gasteiger partial charge in [0.05, 0.1) is 10.0 Å². The van der Waals surface area contributed by atoms with E-state index < -0.39 is 17.3 Å². The standard InChI is InChI=1S/C5H8INO4/c6-5-3(8)1-2-4(5)11-7(9)10/h3-5,8H,1-2H2. The monoisotopic (exact) mass is 273 g/mol. The molecule has 0 aromatic heterocycles. The maximum atomic E-state index is 9.91. The van der Waals surface area contributed by atoms with Crippen LogP contribution in [0.4, 0.5) is 0 Å². The van der Waals surface area contributed by atoms with Gasteiger partial charge in [0.1, 0.15) is 6.10 Å². The molecule has 0 heterocycles. The maximum absolute atomic E-state index is 9.91. The Morgan fingerprint density at radius 3 is 2.64 bits per heavy atom. The third kappa shape index (κ3) is 2.16. The molecule has 1 aliphatic rings. The van der Waals surface area contributed by atoms with Gasteiger partial charge in [0.15, 0.2) is 0 Å². The van der Waals surface area contributed by atoms with E-state index in [1.165, 1.54) is 0 Å². The molecule has 3 atom stereocenters. The molecular weight excluding hydrogens is 265 g/mol. The topological polar surface area (TPSA) is 72.6 Å². The average molecular weight is 273 g/mol. The Bertz CT molecular complexity index is 165. The predicted octanol–water partition coefficient (Wildman–Crippen LogP) is 0.522. The number of aliphatic hydroxyl groups is 1. The van der Waals surface area contributed by atoms with Gasteiger partial charge in [-0.3, -0.25) is 0 Å². The van der Waals surface area contributed by atoms with Crippen molar-refractivity contribution in [1.82, 2.24) is 0 Å². The Balaban J connectivity index is 2.42. The van der Waals surface area contributed by atoms with E-state index in [-0.39, 0.29) is 3.92 Å². The van der Waals surface area contributed by atoms with Crippen LogP contribution >= 0.6 is 22.6 Å². The molecule has 0 spiro atoms. The Morgan fingerprint density at radius 1 is 1.64 bits per heavy atom. The zero-order valence-corrected chi connectivity index (χ0v) is 7.80. The largest absolute Gasteiger partial charge is 0.392 e. The summed E-state index contributed by atoms with van der Waals surface area (Å²) in [5.41, 5.74) is 0. The molecule has 64 valence electrons. The highest BCUT2D eigenvalue weighted by Crippen LogP contribution is 2.28. The molecule has 1 N–H and O–H groups in total. The smallest absolute Gasteiger partial charge is 0.294 e. The lowest BCUT2D eigenvalue weighted by Gasteiger charge is -2.12. The second-order valence-corrected chi connectivity index (χ2v) is 3.89. The van der Waals surface area contributed by atoms with Crippen LogP contribution < -0.4 is 0 Å². The Morgan fingerprint density at radius 2 is 2.27 bits per heavy atom. The van der Waals surface area contributed by atoms with Crippen molar-refractivity contribution in [2.45, 2.75) is 29.0 Å². The zero-order valence-electron chi connectivity index (χ0n) is 5.64. The van der Waals surface area contributed by atoms with E-state index in [9.17, 15) is 15.2 Å². The summed E-state index contributed by atoms with van der Waals surface area (Å²) in [4.78, 5) is 14.3. The quantitative estimate of drug-likeness (QED) is 0.344. The molecule has 0 radical (unpaired) electrons. The minimum absolute atomic E-state index is 0.155. The van der Waals surface area contributed by atoms with E-state index in [1.54, 1.807) is 0 Å². The Hall–Kier alpha value is -0.110. The van der Waals surface area contributed by atoms with Crippen molar-refractivity contribution in [3.05, 3.63) is 10.1 Å². The Labute approximate surface area is 77.0 Å². The third-order valence-corrected chi connectivity index (χ3v) is 3.32. The number of rotatable bonds is 2. The minimum atomic E-state index is -0.797. The summed E-state index contributed by atoms with van der Waals surface area (Å²) >= 11 is 1.97. The van der Waals surface area contributed by atoms with E-state index >= 15 is 0 Å². The molecule has 1 rings (SSSR count). The van der Waals surface area contributed by atoms with Crippen molar-refractivity contribution in [3.8, 4) is 0 Å². The SMILES string of the molecule is O=[N+]([O-])OC1CCC(O)C1I. The third-order valence-electron chi connectivity index (χ3n) is 1.69. The molecule has 0 aromatic carbocycles. The van der Waals surface area contributed by atoms with Crippen LogP contribution in [0.2, 0.25) is 0 Å². The molecule has 1 fully saturated rings. The van der Waals surface area contributed by atoms with Crippen LogP contribution in [0, 0.1) is 10.1 Å². The van der Waals surface area contributed by atoms with Crippen LogP contribution in [0.15, 0.2) is 0 Å². The fraction of sp³-hybridized carbons (Fsp3) is 1.00. The highest BCUT2D eigenvalue weighted by molar-refractivity contribution is 14.1. The number of alkyl halides is 1. The van der Waals surface area contributed by atoms with E-state index in [0.717, 1.165) is 0 Å². The van der Waals surface area contributed by atoms with Crippen LogP contribution in [0.5, 0.6) is 0 Å². The minimum Gasteiger partial charge on any atom is -0.392 e. The average Bonchev–Trinajstić information content (AvgIpc) is 2.18. The summed E-state index contributed by atoms with van der Waals surface area (Å²) in [5.74, 6) is 0. The van der Waals surface area contributed by atoms with E-state index in [0.29, 0.717) is 12.8 Å². The molecule has 0 aromatic rings. The summed E-state index contributed by atoms with van der Waals surface area (Å²) in [6, 6.07) is 0. The van der Waals surface area contributed by atoms with E-state index in [4.69, 9.17) is 0 Å². The highest BCUT2D eigenvalue weighted by Gasteiger charge is 2.35. The second-order valence-electron chi connectivity index (χ2n) is 2.46. The fourth-order valence-electron chi connectivity index (χ4n) is 1.12. The number of hydrogen-bond donors (Lipinski definition) is 1. The molecule has 0 bridgehead atoms. The van der Waals surface area contributed by atoms with Crippen molar-refractivity contribution >= 4 is 22.6 Å². The molecule has 6 heteroatoms. The van der Waals surface area contributed by atoms with Gasteiger partial charge >= 0.3 is 0 Å². The number of hydrogen-bond acceptors (Lipinski definition) is 4. The molecule has 0 aliphatic heterocycles. The van der Waals surface area contributed by atoms with Gasteiger partial charge in [-0.05, 0) is 12.8 Å². The molecule has 0 amide bonds. The van der Waals surface area contributed by atoms with Crippen LogP contribution in [0.3, 0.4) is 0 Å². The van der Waals surface area contributed by atoms with E-state index in [1.807, 2.05) is 22.6 Å². The second kappa shape index (κ2) is 3.53. The molecule has 11 heavy (non-hydrogen) atoms. The number of nitrogens with zero attached hydrogens (tertiary/aromatic N) is 1. The van der Waals surface area contributed by atoms with Gasteiger partial charge in [0.25, 0.3) is 5.09 Å². The van der Waals surface area contributed by atoms with Crippen molar-refractivity contribution < 1.29 is 15.0 Å². The van der Waals surface area contributed by atoms with Gasteiger partial charge in [0, 0.05) is 0 Å². The molecule has 0 saturated heterocycles. The zero-order chi connectivity index (χ0) is 8.43. The summed E-state index contributed by atoms with van der Waals surface area (Å²) in [7, 11) is 0. The van der Waals surface area contributed by atoms with Crippen molar-refractivity contribution in [1.29, 1.82) is 0 Å². The molecule has 1 aliphatic carbocycles. The molecule has 5 nitrogen and oxygen atoms in total. The fourth-order valence-corrected chi connectivity index (χ4v) is 1.97. The Kier molecular flexibility index (Phi) is 2.88. The van der Waals surface area contributed by atoms with Crippen LogP contribution in [0.1, 0.15) is 12.8 Å². The van der Waals surface area contributed by atoms with Crippen molar-refractivity contribution in [2.75, 3.05) is 0 Å². The first-order valence-corrected chi connectivity index (χ1v) is 4.49. The highest BCUT2D eigenvalue weighted by atomic mass is 127. The maximum Gasteiger partial charge on any atom is 0.294 e. The predicted molar refractivity (Wildman–Crippen MR) is 44.9 cm³/mol. The first-order valence-electron chi connectivity index (χ1n) is 3.24. The summed E-state index contributed by atoms with van der Waals surface area (Å²) in [6.07, 6.45) is 0.267. The summed E-state index contributed by atoms with van der Waals surface area (Å²) in [5, 5.41) is 18.3. The van der Waals surface area contributed by atoms with Gasteiger partial charge < -0.3 is 9.94 Å². The van der Waals surface area contributed by atoms with Crippen LogP contribution in [0.25, 0.3) is 0 Å².